The van der Waals surface area contributed by atoms with Crippen molar-refractivity contribution in [2.45, 2.75) is 19.4 Å². The number of epoxide rings is 1. The molecule has 74 valence electrons. The van der Waals surface area contributed by atoms with E-state index in [-0.39, 0.29) is 17.7 Å². The number of rotatable bonds is 3. The van der Waals surface area contributed by atoms with Crippen molar-refractivity contribution in [2.24, 2.45) is 0 Å². The Balaban J connectivity index is 2.30. The van der Waals surface area contributed by atoms with Crippen molar-refractivity contribution < 1.29 is 13.9 Å². The number of benzene rings is 1. The third kappa shape index (κ3) is 1.68. The van der Waals surface area contributed by atoms with E-state index in [1.807, 2.05) is 0 Å². The second-order valence-electron chi connectivity index (χ2n) is 3.33. The molecule has 1 atom stereocenters. The van der Waals surface area contributed by atoms with Crippen LogP contribution < -0.4 is 0 Å². The Morgan fingerprint density at radius 1 is 1.64 bits per heavy atom. The molecule has 0 aliphatic carbocycles. The van der Waals surface area contributed by atoms with Gasteiger partial charge in [-0.3, -0.25) is 4.79 Å². The van der Waals surface area contributed by atoms with E-state index in [2.05, 4.69) is 0 Å². The van der Waals surface area contributed by atoms with Gasteiger partial charge >= 0.3 is 0 Å². The normalized spacial score (nSPS) is 19.4. The lowest BCUT2D eigenvalue weighted by Crippen LogP contribution is -1.99. The molecule has 14 heavy (non-hydrogen) atoms. The molecule has 3 heteroatoms. The summed E-state index contributed by atoms with van der Waals surface area (Å²) in [7, 11) is 0. The van der Waals surface area contributed by atoms with Gasteiger partial charge in [0, 0.05) is 17.5 Å². The topological polar surface area (TPSA) is 29.6 Å². The molecule has 1 saturated heterocycles. The van der Waals surface area contributed by atoms with Crippen molar-refractivity contribution in [3.05, 3.63) is 35.1 Å². The lowest BCUT2D eigenvalue weighted by Gasteiger charge is -2.01. The molecule has 0 radical (unpaired) electrons. The Kier molecular flexibility index (Phi) is 2.33. The van der Waals surface area contributed by atoms with E-state index in [0.717, 1.165) is 0 Å². The van der Waals surface area contributed by atoms with E-state index >= 15 is 0 Å². The van der Waals surface area contributed by atoms with E-state index in [1.54, 1.807) is 19.1 Å². The second-order valence-corrected chi connectivity index (χ2v) is 3.33. The fraction of sp³-hybridized carbons (Fsp3) is 0.364. The molecule has 1 aromatic carbocycles. The van der Waals surface area contributed by atoms with Crippen molar-refractivity contribution in [1.29, 1.82) is 0 Å². The Morgan fingerprint density at radius 2 is 2.36 bits per heavy atom. The molecular weight excluding hydrogens is 183 g/mol. The van der Waals surface area contributed by atoms with Gasteiger partial charge in [-0.1, -0.05) is 19.1 Å². The van der Waals surface area contributed by atoms with Gasteiger partial charge in [-0.05, 0) is 6.07 Å². The van der Waals surface area contributed by atoms with Gasteiger partial charge in [0.05, 0.1) is 6.61 Å². The lowest BCUT2D eigenvalue weighted by molar-refractivity contribution is 0.0987. The van der Waals surface area contributed by atoms with E-state index < -0.39 is 0 Å². The number of Topliss-reactive ketones (excluding diaryl/α,β-unsaturated/α-hetero) is 1. The molecule has 0 saturated carbocycles. The predicted octanol–water partition coefficient (Wildman–Crippen LogP) is 2.49. The van der Waals surface area contributed by atoms with Gasteiger partial charge in [-0.15, -0.1) is 0 Å². The molecule has 2 nitrogen and oxygen atoms in total. The van der Waals surface area contributed by atoms with Crippen molar-refractivity contribution in [2.75, 3.05) is 6.61 Å². The van der Waals surface area contributed by atoms with E-state index in [4.69, 9.17) is 4.74 Å². The van der Waals surface area contributed by atoms with Gasteiger partial charge < -0.3 is 4.74 Å². The van der Waals surface area contributed by atoms with Crippen molar-refractivity contribution in [1.82, 2.24) is 0 Å². The summed E-state index contributed by atoms with van der Waals surface area (Å²) in [6.45, 7) is 2.34. The zero-order valence-electron chi connectivity index (χ0n) is 7.92. The fourth-order valence-electron chi connectivity index (χ4n) is 1.39. The Labute approximate surface area is 81.7 Å². The molecule has 0 amide bonds. The quantitative estimate of drug-likeness (QED) is 0.546. The largest absolute Gasteiger partial charge is 0.368 e. The van der Waals surface area contributed by atoms with Crippen LogP contribution in [0.2, 0.25) is 0 Å². The van der Waals surface area contributed by atoms with Gasteiger partial charge in [0.1, 0.15) is 11.9 Å². The number of hydrogen-bond donors (Lipinski definition) is 0. The summed E-state index contributed by atoms with van der Waals surface area (Å²) in [6, 6.07) is 4.59. The number of carbonyl (C=O) groups is 1. The van der Waals surface area contributed by atoms with E-state index in [0.29, 0.717) is 24.2 Å². The summed E-state index contributed by atoms with van der Waals surface area (Å²) >= 11 is 0. The zero-order valence-corrected chi connectivity index (χ0v) is 7.92. The highest BCUT2D eigenvalue weighted by Gasteiger charge is 2.27. The summed E-state index contributed by atoms with van der Waals surface area (Å²) in [5.41, 5.74) is 0.993. The first-order valence-corrected chi connectivity index (χ1v) is 4.66. The Morgan fingerprint density at radius 3 is 2.86 bits per heavy atom. The van der Waals surface area contributed by atoms with Gasteiger partial charge in [-0.2, -0.15) is 0 Å². The van der Waals surface area contributed by atoms with Crippen LogP contribution in [0.4, 0.5) is 4.39 Å². The minimum atomic E-state index is -0.341. The van der Waals surface area contributed by atoms with Crippen LogP contribution in [0.25, 0.3) is 0 Å². The van der Waals surface area contributed by atoms with Crippen LogP contribution in [0.15, 0.2) is 18.2 Å². The van der Waals surface area contributed by atoms with Gasteiger partial charge in [0.15, 0.2) is 5.78 Å². The summed E-state index contributed by atoms with van der Waals surface area (Å²) in [4.78, 5) is 11.3. The first-order chi connectivity index (χ1) is 6.72. The summed E-state index contributed by atoms with van der Waals surface area (Å²) in [5, 5.41) is 0. The molecule has 1 fully saturated rings. The van der Waals surface area contributed by atoms with E-state index in [9.17, 15) is 9.18 Å². The molecule has 1 unspecified atom stereocenters. The lowest BCUT2D eigenvalue weighted by atomic mass is 10.0. The number of ether oxygens (including phenoxy) is 1. The average Bonchev–Trinajstić information content (AvgIpc) is 3.00. The SMILES string of the molecule is CCC(=O)c1ccc(C2CO2)c(F)c1. The summed E-state index contributed by atoms with van der Waals surface area (Å²) < 4.78 is 18.4. The maximum atomic E-state index is 13.4. The highest BCUT2D eigenvalue weighted by molar-refractivity contribution is 5.95. The molecule has 1 aromatic rings. The average molecular weight is 194 g/mol. The van der Waals surface area contributed by atoms with Crippen LogP contribution in [0.3, 0.4) is 0 Å². The van der Waals surface area contributed by atoms with E-state index in [1.165, 1.54) is 6.07 Å². The molecule has 1 heterocycles. The molecular formula is C11H11FO2. The first-order valence-electron chi connectivity index (χ1n) is 4.66. The summed E-state index contributed by atoms with van der Waals surface area (Å²) in [6.07, 6.45) is 0.305. The monoisotopic (exact) mass is 194 g/mol. The molecule has 0 aromatic heterocycles. The van der Waals surface area contributed by atoms with Crippen LogP contribution in [0, 0.1) is 5.82 Å². The molecule has 0 N–H and O–H groups in total. The number of ketones is 1. The maximum Gasteiger partial charge on any atom is 0.162 e. The molecule has 1 aliphatic rings. The highest BCUT2D eigenvalue weighted by Crippen LogP contribution is 2.31. The number of halogens is 1. The van der Waals surface area contributed by atoms with Crippen LogP contribution in [-0.4, -0.2) is 12.4 Å². The molecule has 2 rings (SSSR count). The highest BCUT2D eigenvalue weighted by atomic mass is 19.1. The van der Waals surface area contributed by atoms with Crippen LogP contribution >= 0.6 is 0 Å². The van der Waals surface area contributed by atoms with Crippen molar-refractivity contribution >= 4 is 5.78 Å². The van der Waals surface area contributed by atoms with Gasteiger partial charge in [0.2, 0.25) is 0 Å². The van der Waals surface area contributed by atoms with Crippen LogP contribution in [0.5, 0.6) is 0 Å². The van der Waals surface area contributed by atoms with Crippen molar-refractivity contribution in [3.63, 3.8) is 0 Å². The number of hydrogen-bond acceptors (Lipinski definition) is 2. The van der Waals surface area contributed by atoms with Crippen LogP contribution in [-0.2, 0) is 4.74 Å². The minimum absolute atomic E-state index is 0.0350. The van der Waals surface area contributed by atoms with Crippen LogP contribution in [0.1, 0.15) is 35.4 Å². The standard InChI is InChI=1S/C11H11FO2/c1-2-10(13)7-3-4-8(9(12)5-7)11-6-14-11/h3-5,11H,2,6H2,1H3. The minimum Gasteiger partial charge on any atom is -0.368 e. The second kappa shape index (κ2) is 3.50. The number of carbonyl (C=O) groups excluding carboxylic acids is 1. The predicted molar refractivity (Wildman–Crippen MR) is 49.7 cm³/mol. The third-order valence-electron chi connectivity index (χ3n) is 2.32. The Hall–Kier alpha value is -1.22. The third-order valence-corrected chi connectivity index (χ3v) is 2.32. The molecule has 0 spiro atoms. The van der Waals surface area contributed by atoms with Crippen molar-refractivity contribution in [3.8, 4) is 0 Å². The Bertz CT molecular complexity index is 370. The smallest absolute Gasteiger partial charge is 0.162 e. The first kappa shape index (κ1) is 9.34. The molecule has 0 bridgehead atoms. The van der Waals surface area contributed by atoms with Gasteiger partial charge in [0.25, 0.3) is 0 Å². The maximum absolute atomic E-state index is 13.4. The van der Waals surface area contributed by atoms with Gasteiger partial charge in [-0.25, -0.2) is 4.39 Å². The zero-order chi connectivity index (χ0) is 10.1. The molecule has 1 aliphatic heterocycles. The summed E-state index contributed by atoms with van der Waals surface area (Å²) in [5.74, 6) is -0.376. The fourth-order valence-corrected chi connectivity index (χ4v) is 1.39.